The van der Waals surface area contributed by atoms with Crippen molar-refractivity contribution >= 4 is 38.9 Å². The minimum Gasteiger partial charge on any atom is -0.482 e. The Morgan fingerprint density at radius 2 is 1.93 bits per heavy atom. The molecule has 4 aromatic rings. The second-order valence-corrected chi connectivity index (χ2v) is 7.37. The summed E-state index contributed by atoms with van der Waals surface area (Å²) in [4.78, 5) is 31.4. The second kappa shape index (κ2) is 7.02. The van der Waals surface area contributed by atoms with Crippen molar-refractivity contribution in [3.63, 3.8) is 0 Å². The van der Waals surface area contributed by atoms with Gasteiger partial charge in [-0.2, -0.15) is 0 Å². The molecule has 0 spiro atoms. The molecule has 0 saturated carbocycles. The number of fused-ring (bicyclic) bond motifs is 2. The fourth-order valence-electron chi connectivity index (χ4n) is 3.13. The maximum atomic E-state index is 12.5. The predicted octanol–water partition coefficient (Wildman–Crippen LogP) is 2.82. The van der Waals surface area contributed by atoms with E-state index >= 15 is 0 Å². The first-order valence-corrected chi connectivity index (χ1v) is 9.73. The van der Waals surface area contributed by atoms with E-state index in [0.29, 0.717) is 21.5 Å². The summed E-state index contributed by atoms with van der Waals surface area (Å²) in [5, 5.41) is 7.54. The zero-order valence-corrected chi connectivity index (χ0v) is 15.9. The molecule has 0 radical (unpaired) electrons. The van der Waals surface area contributed by atoms with Crippen LogP contribution in [-0.2, 0) is 9.59 Å². The zero-order valence-electron chi connectivity index (χ0n) is 15.1. The molecule has 3 heterocycles. The van der Waals surface area contributed by atoms with E-state index < -0.39 is 0 Å². The van der Waals surface area contributed by atoms with Crippen LogP contribution < -0.4 is 15.0 Å². The van der Waals surface area contributed by atoms with E-state index in [0.717, 1.165) is 11.3 Å². The van der Waals surface area contributed by atoms with E-state index in [9.17, 15) is 9.59 Å². The van der Waals surface area contributed by atoms with Gasteiger partial charge in [-0.05, 0) is 12.1 Å². The van der Waals surface area contributed by atoms with E-state index in [-0.39, 0.29) is 25.0 Å². The number of ether oxygens (including phenoxy) is 1. The van der Waals surface area contributed by atoms with E-state index in [4.69, 9.17) is 4.74 Å². The number of carbonyl (C=O) groups is 2. The molecule has 5 rings (SSSR count). The van der Waals surface area contributed by atoms with Crippen molar-refractivity contribution in [1.82, 2.24) is 14.6 Å². The van der Waals surface area contributed by atoms with Crippen LogP contribution in [0.4, 0.5) is 10.8 Å². The highest BCUT2D eigenvalue weighted by Gasteiger charge is 2.27. The summed E-state index contributed by atoms with van der Waals surface area (Å²) in [6, 6.07) is 17.0. The van der Waals surface area contributed by atoms with Crippen LogP contribution in [0.1, 0.15) is 0 Å². The maximum absolute atomic E-state index is 12.5. The van der Waals surface area contributed by atoms with Crippen molar-refractivity contribution in [2.75, 3.05) is 23.4 Å². The summed E-state index contributed by atoms with van der Waals surface area (Å²) in [7, 11) is 0. The SMILES string of the molecule is O=C(CN1C(=O)COc2ccccc21)Nc1nn2cc(-c3ccccc3)nc2s1. The molecule has 0 saturated heterocycles. The Labute approximate surface area is 169 Å². The van der Waals surface area contributed by atoms with Gasteiger partial charge in [0.15, 0.2) is 6.61 Å². The highest BCUT2D eigenvalue weighted by atomic mass is 32.1. The maximum Gasteiger partial charge on any atom is 0.265 e. The molecule has 1 aliphatic rings. The van der Waals surface area contributed by atoms with Crippen molar-refractivity contribution in [3.05, 3.63) is 60.8 Å². The topological polar surface area (TPSA) is 88.8 Å². The zero-order chi connectivity index (χ0) is 19.8. The third-order valence-electron chi connectivity index (χ3n) is 4.47. The molecule has 2 aromatic carbocycles. The summed E-state index contributed by atoms with van der Waals surface area (Å²) < 4.78 is 7.03. The van der Waals surface area contributed by atoms with Crippen LogP contribution >= 0.6 is 11.3 Å². The number of hydrogen-bond donors (Lipinski definition) is 1. The Kier molecular flexibility index (Phi) is 4.21. The third kappa shape index (κ3) is 3.32. The number of carbonyl (C=O) groups excluding carboxylic acids is 2. The lowest BCUT2D eigenvalue weighted by atomic mass is 10.2. The Morgan fingerprint density at radius 3 is 2.76 bits per heavy atom. The Balaban J connectivity index is 1.32. The molecule has 1 N–H and O–H groups in total. The van der Waals surface area contributed by atoms with E-state index in [1.807, 2.05) is 42.6 Å². The normalized spacial score (nSPS) is 13.2. The number of rotatable bonds is 4. The molecule has 0 unspecified atom stereocenters. The van der Waals surface area contributed by atoms with E-state index in [1.165, 1.54) is 16.2 Å². The number of nitrogens with one attached hydrogen (secondary N) is 1. The molecule has 2 amide bonds. The van der Waals surface area contributed by atoms with Crippen LogP contribution in [0.5, 0.6) is 5.75 Å². The van der Waals surface area contributed by atoms with Crippen LogP contribution in [0, 0.1) is 0 Å². The molecule has 2 aromatic heterocycles. The van der Waals surface area contributed by atoms with Gasteiger partial charge in [0, 0.05) is 5.56 Å². The molecule has 29 heavy (non-hydrogen) atoms. The largest absolute Gasteiger partial charge is 0.482 e. The fourth-order valence-corrected chi connectivity index (χ4v) is 3.93. The average Bonchev–Trinajstić information content (AvgIpc) is 3.29. The molecule has 0 aliphatic carbocycles. The smallest absolute Gasteiger partial charge is 0.265 e. The number of amides is 2. The van der Waals surface area contributed by atoms with Crippen LogP contribution in [0.3, 0.4) is 0 Å². The lowest BCUT2D eigenvalue weighted by molar-refractivity contribution is -0.123. The molecule has 144 valence electrons. The van der Waals surface area contributed by atoms with Crippen molar-refractivity contribution in [1.29, 1.82) is 0 Å². The summed E-state index contributed by atoms with van der Waals surface area (Å²) in [5.41, 5.74) is 2.40. The second-order valence-electron chi connectivity index (χ2n) is 6.41. The molecule has 0 atom stereocenters. The van der Waals surface area contributed by atoms with Gasteiger partial charge in [0.25, 0.3) is 5.91 Å². The van der Waals surface area contributed by atoms with E-state index in [1.54, 1.807) is 22.7 Å². The molecular formula is C20H15N5O3S. The summed E-state index contributed by atoms with van der Waals surface area (Å²) in [6.45, 7) is -0.200. The Bertz CT molecular complexity index is 1190. The third-order valence-corrected chi connectivity index (χ3v) is 5.31. The number of anilines is 2. The van der Waals surface area contributed by atoms with E-state index in [2.05, 4.69) is 15.4 Å². The van der Waals surface area contributed by atoms with Gasteiger partial charge in [0.2, 0.25) is 16.0 Å². The van der Waals surface area contributed by atoms with Crippen LogP contribution in [0.2, 0.25) is 0 Å². The molecule has 8 nitrogen and oxygen atoms in total. The number of aromatic nitrogens is 3. The van der Waals surface area contributed by atoms with Gasteiger partial charge in [0.1, 0.15) is 12.3 Å². The Hall–Kier alpha value is -3.72. The molecular weight excluding hydrogens is 390 g/mol. The van der Waals surface area contributed by atoms with Crippen molar-refractivity contribution in [3.8, 4) is 17.0 Å². The minimum absolute atomic E-state index is 0.0857. The first kappa shape index (κ1) is 17.4. The molecule has 0 bridgehead atoms. The Morgan fingerprint density at radius 1 is 1.14 bits per heavy atom. The van der Waals surface area contributed by atoms with Gasteiger partial charge in [-0.25, -0.2) is 9.50 Å². The highest BCUT2D eigenvalue weighted by Crippen LogP contribution is 2.31. The number of imidazole rings is 1. The van der Waals surface area contributed by atoms with Gasteiger partial charge in [-0.15, -0.1) is 5.10 Å². The van der Waals surface area contributed by atoms with Gasteiger partial charge in [-0.1, -0.05) is 53.8 Å². The average molecular weight is 405 g/mol. The van der Waals surface area contributed by atoms with Gasteiger partial charge in [0.05, 0.1) is 17.6 Å². The number of benzene rings is 2. The van der Waals surface area contributed by atoms with Crippen molar-refractivity contribution in [2.24, 2.45) is 0 Å². The summed E-state index contributed by atoms with van der Waals surface area (Å²) in [6.07, 6.45) is 1.82. The minimum atomic E-state index is -0.338. The first-order chi connectivity index (χ1) is 14.2. The quantitative estimate of drug-likeness (QED) is 0.564. The van der Waals surface area contributed by atoms with Crippen molar-refractivity contribution < 1.29 is 14.3 Å². The fraction of sp³-hybridized carbons (Fsp3) is 0.100. The van der Waals surface area contributed by atoms with Crippen LogP contribution in [0.25, 0.3) is 16.2 Å². The van der Waals surface area contributed by atoms with Gasteiger partial charge < -0.3 is 4.74 Å². The van der Waals surface area contributed by atoms with Gasteiger partial charge in [-0.3, -0.25) is 19.8 Å². The predicted molar refractivity (Wildman–Crippen MR) is 109 cm³/mol. The van der Waals surface area contributed by atoms with Gasteiger partial charge >= 0.3 is 0 Å². The van der Waals surface area contributed by atoms with Crippen molar-refractivity contribution in [2.45, 2.75) is 0 Å². The number of nitrogens with zero attached hydrogens (tertiary/aromatic N) is 4. The lowest BCUT2D eigenvalue weighted by Gasteiger charge is -2.28. The monoisotopic (exact) mass is 405 g/mol. The summed E-state index contributed by atoms with van der Waals surface area (Å²) >= 11 is 1.27. The standard InChI is InChI=1S/C20H15N5O3S/c26-17(11-24-15-8-4-5-9-16(15)28-12-18(24)27)22-19-23-25-10-14(21-20(25)29-19)13-6-2-1-3-7-13/h1-10H,11-12H2,(H,22,23,26). The number of para-hydroxylation sites is 2. The molecule has 0 fully saturated rings. The summed E-state index contributed by atoms with van der Waals surface area (Å²) in [5.74, 6) is -0.0170. The number of hydrogen-bond acceptors (Lipinski definition) is 6. The first-order valence-electron chi connectivity index (χ1n) is 8.91. The molecule has 9 heteroatoms. The van der Waals surface area contributed by atoms with Crippen LogP contribution in [0.15, 0.2) is 60.8 Å². The molecule has 1 aliphatic heterocycles. The lowest BCUT2D eigenvalue weighted by Crippen LogP contribution is -2.43. The highest BCUT2D eigenvalue weighted by molar-refractivity contribution is 7.20. The van der Waals surface area contributed by atoms with Crippen LogP contribution in [-0.4, -0.2) is 39.6 Å².